The molecule has 0 aromatic heterocycles. The Morgan fingerprint density at radius 2 is 0.671 bits per heavy atom. The first-order valence-electron chi connectivity index (χ1n) is 31.9. The van der Waals surface area contributed by atoms with Crippen LogP contribution in [-0.4, -0.2) is 8.07 Å². The molecule has 0 saturated carbocycles. The zero-order valence-corrected chi connectivity index (χ0v) is 62.0. The highest BCUT2D eigenvalue weighted by atomic mass is 28.3. The first kappa shape index (κ1) is 90.6. The average molecular weight is 1170 g/mol. The fourth-order valence-electron chi connectivity index (χ4n) is 6.55. The normalized spacial score (nSPS) is 12.7. The van der Waals surface area contributed by atoms with Crippen molar-refractivity contribution in [3.63, 3.8) is 0 Å². The van der Waals surface area contributed by atoms with E-state index < -0.39 is 14.0 Å². The van der Waals surface area contributed by atoms with Crippen molar-refractivity contribution in [1.29, 1.82) is 5.26 Å². The van der Waals surface area contributed by atoms with Crippen LogP contribution in [0.5, 0.6) is 0 Å². The Morgan fingerprint density at radius 3 is 0.829 bits per heavy atom. The molecular weight excluding hydrogens is 1000 g/mol. The molecule has 0 aliphatic carbocycles. The van der Waals surface area contributed by atoms with E-state index in [1.54, 1.807) is 16.7 Å². The standard InChI is InChI=1S/C20H34.C19H32.C10H14.C7H18Si.C7H16.C5H9N.2C4H10.4CH4/c1-13(2)15-11-16(14(3)4)18(20(8,9)10)17(12-15)19(5,6)7;1-12(2)15-10-16(13(3)4)18(19(7,8)9)17(11-15)14(5)6;1-10(2,3)9-7-5-4-6-8-9;1-7(2,3)8(4,5)6;1-6(2)7(3,4)5;1-5(2,3)4-6;2*1-4(2)3;;;;/h11-14H,1-10H3;10-14H,1-9H3;4-8H,1-3H3;1-6H3;6H,1-5H3;1-3H3;2*4H,1-3H3;4*1H4/i14D;;;;6D;;4D;;;;;. The molecule has 0 bridgehead atoms. The fourth-order valence-corrected chi connectivity index (χ4v) is 6.55. The number of hydrogen-bond donors (Lipinski definition) is 0. The van der Waals surface area contributed by atoms with Gasteiger partial charge >= 0.3 is 0 Å². The molecule has 1 nitrogen and oxygen atoms in total. The van der Waals surface area contributed by atoms with Crippen molar-refractivity contribution in [1.82, 2.24) is 0 Å². The van der Waals surface area contributed by atoms with Crippen molar-refractivity contribution in [2.75, 3.05) is 0 Å². The quantitative estimate of drug-likeness (QED) is 0.234. The molecule has 3 rings (SSSR count). The Balaban J connectivity index is -0.000000117. The van der Waals surface area contributed by atoms with Crippen LogP contribution in [0.2, 0.25) is 24.7 Å². The van der Waals surface area contributed by atoms with Crippen LogP contribution in [0.15, 0.2) is 54.6 Å². The highest BCUT2D eigenvalue weighted by molar-refractivity contribution is 6.78. The van der Waals surface area contributed by atoms with Gasteiger partial charge in [-0.15, -0.1) is 0 Å². The van der Waals surface area contributed by atoms with Gasteiger partial charge in [0.05, 0.1) is 6.07 Å². The zero-order valence-electron chi connectivity index (χ0n) is 64.0. The summed E-state index contributed by atoms with van der Waals surface area (Å²) in [6.45, 7) is 91.7. The fraction of sp³-hybridized carbons (Fsp3) is 0.762. The molecule has 0 N–H and O–H groups in total. The zero-order chi connectivity index (χ0) is 66.7. The summed E-state index contributed by atoms with van der Waals surface area (Å²) in [7, 11) is -0.859. The second-order valence-electron chi connectivity index (χ2n) is 33.4. The van der Waals surface area contributed by atoms with E-state index in [4.69, 9.17) is 9.37 Å². The van der Waals surface area contributed by atoms with Gasteiger partial charge in [-0.05, 0) is 150 Å². The van der Waals surface area contributed by atoms with Crippen LogP contribution in [0, 0.1) is 39.9 Å². The summed E-state index contributed by atoms with van der Waals surface area (Å²) in [5, 5.41) is 8.73. The number of hydrogen-bond acceptors (Lipinski definition) is 1. The van der Waals surface area contributed by atoms with Crippen molar-refractivity contribution in [3.8, 4) is 6.07 Å². The highest BCUT2D eigenvalue weighted by Gasteiger charge is 2.31. The lowest BCUT2D eigenvalue weighted by Crippen LogP contribution is -2.32. The molecule has 0 radical (unpaired) electrons. The van der Waals surface area contributed by atoms with E-state index in [2.05, 4.69) is 281 Å². The molecule has 0 heterocycles. The molecule has 3 aromatic carbocycles. The van der Waals surface area contributed by atoms with E-state index in [0.29, 0.717) is 34.1 Å². The molecule has 0 aliphatic heterocycles. The van der Waals surface area contributed by atoms with Crippen molar-refractivity contribution >= 4 is 8.07 Å². The summed E-state index contributed by atoms with van der Waals surface area (Å²) in [6, 6.07) is 22.2. The van der Waals surface area contributed by atoms with Gasteiger partial charge in [0.15, 0.2) is 0 Å². The smallest absolute Gasteiger partial charge is 0.0680 e. The van der Waals surface area contributed by atoms with Crippen LogP contribution >= 0.6 is 0 Å². The van der Waals surface area contributed by atoms with E-state index in [1.165, 1.54) is 33.4 Å². The number of rotatable bonds is 5. The van der Waals surface area contributed by atoms with Crippen LogP contribution in [-0.2, 0) is 21.7 Å². The van der Waals surface area contributed by atoms with Gasteiger partial charge in [0, 0.05) is 17.6 Å². The van der Waals surface area contributed by atoms with Gasteiger partial charge in [0.2, 0.25) is 0 Å². The van der Waals surface area contributed by atoms with E-state index in [1.807, 2.05) is 69.2 Å². The molecule has 0 fully saturated rings. The third-order valence-electron chi connectivity index (χ3n) is 13.5. The van der Waals surface area contributed by atoms with Gasteiger partial charge in [-0.2, -0.15) is 5.26 Å². The van der Waals surface area contributed by atoms with Gasteiger partial charge in [0.1, 0.15) is 0 Å². The van der Waals surface area contributed by atoms with Crippen molar-refractivity contribution in [2.45, 2.75) is 376 Å². The minimum Gasteiger partial charge on any atom is -0.198 e. The van der Waals surface area contributed by atoms with Crippen LogP contribution < -0.4 is 0 Å². The Labute approximate surface area is 529 Å². The lowest BCUT2D eigenvalue weighted by atomic mass is 9.70. The van der Waals surface area contributed by atoms with E-state index in [-0.39, 0.29) is 68.6 Å². The molecule has 0 atom stereocenters. The average Bonchev–Trinajstić information content (AvgIpc) is 3.20. The minimum atomic E-state index is -0.859. The maximum Gasteiger partial charge on any atom is 0.0680 e. The van der Waals surface area contributed by atoms with Crippen LogP contribution in [0.25, 0.3) is 0 Å². The second-order valence-corrected chi connectivity index (χ2v) is 39.4. The lowest BCUT2D eigenvalue weighted by molar-refractivity contribution is 0.283. The molecule has 0 spiro atoms. The Kier molecular flexibility index (Phi) is 45.8. The van der Waals surface area contributed by atoms with Crippen LogP contribution in [0.3, 0.4) is 0 Å². The van der Waals surface area contributed by atoms with Gasteiger partial charge in [-0.25, -0.2) is 0 Å². The lowest BCUT2D eigenvalue weighted by Gasteiger charge is -2.34. The molecule has 0 aliphatic rings. The summed E-state index contributed by atoms with van der Waals surface area (Å²) in [6.07, 6.45) is 0. The molecule has 82 heavy (non-hydrogen) atoms. The Morgan fingerprint density at radius 1 is 0.415 bits per heavy atom. The van der Waals surface area contributed by atoms with Gasteiger partial charge in [-0.3, -0.25) is 0 Å². The summed E-state index contributed by atoms with van der Waals surface area (Å²) >= 11 is 0. The molecule has 3 aromatic rings. The number of nitriles is 1. The highest BCUT2D eigenvalue weighted by Crippen LogP contribution is 2.42. The molecule has 2 heteroatoms. The first-order chi connectivity index (χ1) is 35.1. The third kappa shape index (κ3) is 45.7. The van der Waals surface area contributed by atoms with E-state index in [9.17, 15) is 0 Å². The van der Waals surface area contributed by atoms with Crippen molar-refractivity contribution < 1.29 is 4.11 Å². The Bertz CT molecular complexity index is 2090. The number of benzene rings is 3. The number of nitrogens with zero attached hydrogens (tertiary/aromatic N) is 1. The summed E-state index contributed by atoms with van der Waals surface area (Å²) in [5.74, 6) is 1.96. The monoisotopic (exact) mass is 1170 g/mol. The van der Waals surface area contributed by atoms with Gasteiger partial charge in [0.25, 0.3) is 0 Å². The molecule has 0 amide bonds. The van der Waals surface area contributed by atoms with Crippen molar-refractivity contribution in [3.05, 3.63) is 105 Å². The molecule has 488 valence electrons. The van der Waals surface area contributed by atoms with E-state index in [0.717, 1.165) is 5.92 Å². The predicted molar refractivity (Wildman–Crippen MR) is 395 cm³/mol. The maximum absolute atomic E-state index is 8.63. The molecule has 0 unspecified atom stereocenters. The summed E-state index contributed by atoms with van der Waals surface area (Å²) in [5.41, 5.74) is 13.4. The predicted octanol–water partition coefficient (Wildman–Crippen LogP) is 29.1. The summed E-state index contributed by atoms with van der Waals surface area (Å²) in [4.78, 5) is 0. The van der Waals surface area contributed by atoms with Crippen LogP contribution in [0.4, 0.5) is 0 Å². The van der Waals surface area contributed by atoms with Crippen LogP contribution in [0.1, 0.15) is 383 Å². The van der Waals surface area contributed by atoms with Crippen molar-refractivity contribution in [2.24, 2.45) is 28.5 Å². The molecule has 0 saturated heterocycles. The van der Waals surface area contributed by atoms with E-state index >= 15 is 0 Å². The topological polar surface area (TPSA) is 23.8 Å². The minimum absolute atomic E-state index is 0. The third-order valence-corrected chi connectivity index (χ3v) is 18.0. The van der Waals surface area contributed by atoms with Gasteiger partial charge < -0.3 is 0 Å². The summed E-state index contributed by atoms with van der Waals surface area (Å²) < 4.78 is 23.2. The molecular formula is C80H159NSi. The largest absolute Gasteiger partial charge is 0.198 e. The SMILES string of the molecule is C.C.C.C.CC(C)(C)C#N.CC(C)(C)[Si](C)(C)C.CC(C)(C)c1ccccc1.CC(C)C.CC(C)c1cc(C(C)C)c(C(C)(C)C)c(C(C)C)c1.[2H]C(C)(C)C.[2H]C(C)(C)C(C)(C)C.[2H]C(C)(C)c1cc(C(C)C)cc(C(C)(C)C)c1C(C)(C)C. The first-order valence-corrected chi connectivity index (χ1v) is 33.9. The maximum atomic E-state index is 8.63. The second kappa shape index (κ2) is 41.5. The Hall–Kier alpha value is -2.63. The van der Waals surface area contributed by atoms with Gasteiger partial charge in [-0.1, -0.05) is 353 Å².